The van der Waals surface area contributed by atoms with E-state index in [0.29, 0.717) is 0 Å². The quantitative estimate of drug-likeness (QED) is 0.576. The number of hydrogen-bond donors (Lipinski definition) is 3. The SMILES string of the molecule is C[C@H]([NH+]=C1NC(=O)C(C)(C2=CC=NCC2)S1)C1=CC=N[NH+]1C. The molecular formula is C15H21N5OS+2. The molecule has 0 saturated carbocycles. The smallest absolute Gasteiger partial charge is 0.293 e. The van der Waals surface area contributed by atoms with E-state index in [-0.39, 0.29) is 11.9 Å². The molecule has 0 spiro atoms. The highest BCUT2D eigenvalue weighted by atomic mass is 32.2. The monoisotopic (exact) mass is 319 g/mol. The first kappa shape index (κ1) is 15.2. The van der Waals surface area contributed by atoms with Gasteiger partial charge in [0, 0.05) is 18.8 Å². The number of carbonyl (C=O) groups excluding carboxylic acids is 1. The molecule has 22 heavy (non-hydrogen) atoms. The van der Waals surface area contributed by atoms with Crippen LogP contribution < -0.4 is 15.3 Å². The molecule has 1 saturated heterocycles. The van der Waals surface area contributed by atoms with Crippen LogP contribution in [0.4, 0.5) is 0 Å². The Morgan fingerprint density at radius 3 is 2.91 bits per heavy atom. The number of amides is 1. The van der Waals surface area contributed by atoms with Crippen molar-refractivity contribution >= 4 is 35.3 Å². The third-order valence-electron chi connectivity index (χ3n) is 4.22. The fourth-order valence-electron chi connectivity index (χ4n) is 2.81. The van der Waals surface area contributed by atoms with E-state index in [2.05, 4.69) is 27.3 Å². The molecule has 0 aromatic heterocycles. The molecule has 116 valence electrons. The van der Waals surface area contributed by atoms with Gasteiger partial charge in [0.25, 0.3) is 0 Å². The predicted molar refractivity (Wildman–Crippen MR) is 89.1 cm³/mol. The largest absolute Gasteiger partial charge is 0.328 e. The second-order valence-electron chi connectivity index (χ2n) is 5.77. The molecule has 1 fully saturated rings. The lowest BCUT2D eigenvalue weighted by Gasteiger charge is -2.21. The number of aliphatic imine (C=N–C) groups is 1. The molecule has 0 bridgehead atoms. The normalized spacial score (nSPS) is 33.9. The van der Waals surface area contributed by atoms with Gasteiger partial charge in [-0.2, -0.15) is 5.01 Å². The second kappa shape index (κ2) is 5.81. The number of thioether (sulfide) groups is 1. The number of allylic oxidation sites excluding steroid dienone is 2. The van der Waals surface area contributed by atoms with Crippen LogP contribution >= 0.6 is 11.8 Å². The van der Waals surface area contributed by atoms with Gasteiger partial charge in [-0.1, -0.05) is 5.10 Å². The summed E-state index contributed by atoms with van der Waals surface area (Å²) in [4.78, 5) is 20.0. The zero-order chi connectivity index (χ0) is 15.7. The summed E-state index contributed by atoms with van der Waals surface area (Å²) in [6.45, 7) is 4.81. The molecule has 6 nitrogen and oxygen atoms in total. The maximum absolute atomic E-state index is 12.5. The Hall–Kier alpha value is -1.73. The van der Waals surface area contributed by atoms with Crippen molar-refractivity contribution in [2.24, 2.45) is 10.1 Å². The molecule has 0 aromatic rings. The van der Waals surface area contributed by atoms with Gasteiger partial charge < -0.3 is 0 Å². The fraction of sp³-hybridized carbons (Fsp3) is 0.467. The van der Waals surface area contributed by atoms with E-state index in [0.717, 1.165) is 34.4 Å². The van der Waals surface area contributed by atoms with Gasteiger partial charge in [-0.15, -0.1) is 0 Å². The molecule has 3 heterocycles. The number of rotatable bonds is 3. The van der Waals surface area contributed by atoms with Crippen LogP contribution in [-0.4, -0.2) is 47.9 Å². The van der Waals surface area contributed by atoms with Crippen LogP contribution in [0, 0.1) is 0 Å². The standard InChI is InChI=1S/C15H19N5OS/c1-10(12-6-9-17-20(12)3)18-14-19-13(21)15(2,22-14)11-4-7-16-8-5-11/h4,6-7,9-10H,5,8H2,1-3H3,(H,18,19,21)/p+2/t10-,15?/m0/s1. The Bertz CT molecular complexity index is 648. The zero-order valence-electron chi connectivity index (χ0n) is 13.0. The number of hydrogen-bond acceptors (Lipinski definition) is 4. The van der Waals surface area contributed by atoms with Crippen LogP contribution in [-0.2, 0) is 4.79 Å². The number of quaternary nitrogens is 1. The molecule has 1 amide bonds. The van der Waals surface area contributed by atoms with E-state index in [1.54, 1.807) is 18.0 Å². The minimum Gasteiger partial charge on any atom is -0.293 e. The van der Waals surface area contributed by atoms with E-state index < -0.39 is 4.75 Å². The van der Waals surface area contributed by atoms with Crippen LogP contribution in [0.1, 0.15) is 20.3 Å². The Morgan fingerprint density at radius 1 is 1.45 bits per heavy atom. The van der Waals surface area contributed by atoms with Gasteiger partial charge in [-0.05, 0) is 43.7 Å². The van der Waals surface area contributed by atoms with Crippen molar-refractivity contribution in [3.8, 4) is 0 Å². The lowest BCUT2D eigenvalue weighted by molar-refractivity contribution is -0.854. The number of nitrogens with one attached hydrogen (secondary N) is 3. The van der Waals surface area contributed by atoms with Gasteiger partial charge in [-0.25, -0.2) is 10.1 Å². The van der Waals surface area contributed by atoms with Gasteiger partial charge >= 0.3 is 11.1 Å². The van der Waals surface area contributed by atoms with E-state index in [1.165, 1.54) is 0 Å². The average Bonchev–Trinajstić information content (AvgIpc) is 3.05. The van der Waals surface area contributed by atoms with Crippen molar-refractivity contribution in [3.63, 3.8) is 0 Å². The Labute approximate surface area is 134 Å². The highest BCUT2D eigenvalue weighted by Crippen LogP contribution is 2.38. The summed E-state index contributed by atoms with van der Waals surface area (Å²) in [7, 11) is 1.99. The Balaban J connectivity index is 1.78. The first-order valence-electron chi connectivity index (χ1n) is 7.42. The van der Waals surface area contributed by atoms with Gasteiger partial charge in [0.05, 0.1) is 13.3 Å². The van der Waals surface area contributed by atoms with Crippen LogP contribution in [0.15, 0.2) is 33.5 Å². The van der Waals surface area contributed by atoms with Crippen molar-refractivity contribution in [3.05, 3.63) is 23.4 Å². The zero-order valence-corrected chi connectivity index (χ0v) is 13.8. The van der Waals surface area contributed by atoms with E-state index >= 15 is 0 Å². The highest BCUT2D eigenvalue weighted by molar-refractivity contribution is 8.16. The van der Waals surface area contributed by atoms with Gasteiger partial charge in [0.15, 0.2) is 11.7 Å². The Morgan fingerprint density at radius 2 is 2.27 bits per heavy atom. The molecule has 7 heteroatoms. The van der Waals surface area contributed by atoms with Crippen molar-refractivity contribution < 1.29 is 14.8 Å². The number of dihydropyridines is 1. The van der Waals surface area contributed by atoms with Crippen LogP contribution in [0.25, 0.3) is 0 Å². The molecule has 3 N–H and O–H groups in total. The fourth-order valence-corrected chi connectivity index (χ4v) is 4.05. The molecule has 3 aliphatic rings. The van der Waals surface area contributed by atoms with Crippen molar-refractivity contribution in [2.45, 2.75) is 31.1 Å². The minimum atomic E-state index is -0.548. The maximum Gasteiger partial charge on any atom is 0.328 e. The lowest BCUT2D eigenvalue weighted by atomic mass is 9.95. The molecule has 2 unspecified atom stereocenters. The average molecular weight is 319 g/mol. The van der Waals surface area contributed by atoms with Crippen molar-refractivity contribution in [1.29, 1.82) is 0 Å². The molecule has 3 aliphatic heterocycles. The van der Waals surface area contributed by atoms with Gasteiger partial charge in [-0.3, -0.25) is 9.98 Å². The topological polar surface area (TPSA) is 72.2 Å². The Kier molecular flexibility index (Phi) is 4.01. The first-order chi connectivity index (χ1) is 10.5. The summed E-state index contributed by atoms with van der Waals surface area (Å²) < 4.78 is -0.548. The van der Waals surface area contributed by atoms with E-state index in [9.17, 15) is 4.79 Å². The number of likely N-dealkylation sites (N-methyl/N-ethyl adjacent to an activating group) is 1. The first-order valence-corrected chi connectivity index (χ1v) is 8.24. The maximum atomic E-state index is 12.5. The number of carbonyl (C=O) groups is 1. The van der Waals surface area contributed by atoms with Crippen molar-refractivity contribution in [1.82, 2.24) is 5.32 Å². The summed E-state index contributed by atoms with van der Waals surface area (Å²) in [5.41, 5.74) is 2.28. The van der Waals surface area contributed by atoms with Crippen LogP contribution in [0.3, 0.4) is 0 Å². The molecule has 3 atom stereocenters. The second-order valence-corrected chi connectivity index (χ2v) is 7.20. The molecule has 0 radical (unpaired) electrons. The molecule has 3 rings (SSSR count). The predicted octanol–water partition coefficient (Wildman–Crippen LogP) is -1.77. The summed E-state index contributed by atoms with van der Waals surface area (Å²) in [5.74, 6) is 0.0334. The minimum absolute atomic E-state index is 0.0334. The van der Waals surface area contributed by atoms with Crippen LogP contribution in [0.5, 0.6) is 0 Å². The summed E-state index contributed by atoms with van der Waals surface area (Å²) in [6.07, 6.45) is 8.42. The third kappa shape index (κ3) is 2.66. The van der Waals surface area contributed by atoms with Crippen molar-refractivity contribution in [2.75, 3.05) is 13.6 Å². The number of nitrogens with zero attached hydrogens (tertiary/aromatic N) is 2. The third-order valence-corrected chi connectivity index (χ3v) is 5.50. The summed E-state index contributed by atoms with van der Waals surface area (Å²) in [5, 5.41) is 9.07. The molecular weight excluding hydrogens is 298 g/mol. The van der Waals surface area contributed by atoms with Crippen LogP contribution in [0.2, 0.25) is 0 Å². The number of amidine groups is 1. The summed E-state index contributed by atoms with van der Waals surface area (Å²) in [6, 6.07) is 0.106. The lowest BCUT2D eigenvalue weighted by Crippen LogP contribution is -3.05. The van der Waals surface area contributed by atoms with E-state index in [4.69, 9.17) is 0 Å². The molecule has 0 aromatic carbocycles. The van der Waals surface area contributed by atoms with Gasteiger partial charge in [0.1, 0.15) is 4.75 Å². The van der Waals surface area contributed by atoms with E-state index in [1.807, 2.05) is 32.3 Å². The molecule has 0 aliphatic carbocycles. The van der Waals surface area contributed by atoms with Gasteiger partial charge in [0.2, 0.25) is 0 Å². The summed E-state index contributed by atoms with van der Waals surface area (Å²) >= 11 is 1.55. The highest BCUT2D eigenvalue weighted by Gasteiger charge is 2.50.